The van der Waals surface area contributed by atoms with Crippen LogP contribution in [0.25, 0.3) is 0 Å². The lowest BCUT2D eigenvalue weighted by atomic mass is 9.73. The Hall–Kier alpha value is -0.0400. The van der Waals surface area contributed by atoms with Crippen LogP contribution in [0.3, 0.4) is 0 Å². The Morgan fingerprint density at radius 3 is 2.40 bits per heavy atom. The first-order valence-corrected chi connectivity index (χ1v) is 6.68. The number of nitrogens with two attached hydrogens (primary N) is 1. The van der Waals surface area contributed by atoms with Crippen molar-refractivity contribution in [2.75, 3.05) is 0 Å². The average Bonchev–Trinajstić information content (AvgIpc) is 2.15. The maximum atomic E-state index is 6.23. The quantitative estimate of drug-likeness (QED) is 0.751. The summed E-state index contributed by atoms with van der Waals surface area (Å²) in [5.74, 6) is 1.75. The third-order valence-corrected chi connectivity index (χ3v) is 3.99. The van der Waals surface area contributed by atoms with E-state index < -0.39 is 0 Å². The van der Waals surface area contributed by atoms with Gasteiger partial charge in [-0.05, 0) is 49.4 Å². The van der Waals surface area contributed by atoms with E-state index in [9.17, 15) is 0 Å². The minimum atomic E-state index is 0.471. The predicted molar refractivity (Wildman–Crippen MR) is 67.8 cm³/mol. The second-order valence-electron chi connectivity index (χ2n) is 6.61. The van der Waals surface area contributed by atoms with E-state index in [1.54, 1.807) is 0 Å². The summed E-state index contributed by atoms with van der Waals surface area (Å²) in [6, 6.07) is 0.482. The van der Waals surface area contributed by atoms with E-state index in [2.05, 4.69) is 27.7 Å². The minimum Gasteiger partial charge on any atom is -0.327 e. The van der Waals surface area contributed by atoms with Crippen molar-refractivity contribution in [3.63, 3.8) is 0 Å². The van der Waals surface area contributed by atoms with Gasteiger partial charge in [-0.25, -0.2) is 0 Å². The fourth-order valence-electron chi connectivity index (χ4n) is 2.71. The molecule has 0 heterocycles. The Kier molecular flexibility index (Phi) is 4.64. The van der Waals surface area contributed by atoms with Gasteiger partial charge < -0.3 is 5.73 Å². The molecule has 0 aliphatic heterocycles. The van der Waals surface area contributed by atoms with Gasteiger partial charge in [-0.1, -0.05) is 34.1 Å². The van der Waals surface area contributed by atoms with E-state index in [1.165, 1.54) is 38.5 Å². The molecular weight excluding hydrogens is 182 g/mol. The van der Waals surface area contributed by atoms with Crippen molar-refractivity contribution in [3.05, 3.63) is 0 Å². The van der Waals surface area contributed by atoms with Crippen molar-refractivity contribution in [1.29, 1.82) is 0 Å². The van der Waals surface area contributed by atoms with Crippen molar-refractivity contribution in [2.24, 2.45) is 23.0 Å². The molecule has 90 valence electrons. The zero-order valence-electron chi connectivity index (χ0n) is 11.1. The molecule has 0 aromatic carbocycles. The Bertz CT molecular complexity index is 180. The van der Waals surface area contributed by atoms with Crippen molar-refractivity contribution >= 4 is 0 Å². The molecule has 0 aromatic rings. The maximum absolute atomic E-state index is 6.23. The third-order valence-electron chi connectivity index (χ3n) is 3.99. The SMILES string of the molecule is CCC1CCC(N)C(CCC(C)(C)C)C1. The molecule has 1 aliphatic rings. The highest BCUT2D eigenvalue weighted by Crippen LogP contribution is 2.35. The van der Waals surface area contributed by atoms with Crippen LogP contribution in [0.4, 0.5) is 0 Å². The minimum absolute atomic E-state index is 0.471. The lowest BCUT2D eigenvalue weighted by Gasteiger charge is -2.35. The summed E-state index contributed by atoms with van der Waals surface area (Å²) < 4.78 is 0. The molecule has 0 radical (unpaired) electrons. The van der Waals surface area contributed by atoms with Gasteiger partial charge in [0.1, 0.15) is 0 Å². The van der Waals surface area contributed by atoms with E-state index in [4.69, 9.17) is 5.73 Å². The molecule has 0 amide bonds. The van der Waals surface area contributed by atoms with Crippen molar-refractivity contribution in [3.8, 4) is 0 Å². The standard InChI is InChI=1S/C14H29N/c1-5-11-6-7-13(15)12(10-11)8-9-14(2,3)4/h11-13H,5-10,15H2,1-4H3. The first-order valence-electron chi connectivity index (χ1n) is 6.68. The van der Waals surface area contributed by atoms with E-state index in [1.807, 2.05) is 0 Å². The van der Waals surface area contributed by atoms with Crippen LogP contribution in [0.2, 0.25) is 0 Å². The molecule has 0 aromatic heterocycles. The van der Waals surface area contributed by atoms with Crippen molar-refractivity contribution in [1.82, 2.24) is 0 Å². The van der Waals surface area contributed by atoms with Gasteiger partial charge >= 0.3 is 0 Å². The van der Waals surface area contributed by atoms with Gasteiger partial charge in [0.15, 0.2) is 0 Å². The summed E-state index contributed by atoms with van der Waals surface area (Å²) in [6.45, 7) is 9.32. The highest BCUT2D eigenvalue weighted by atomic mass is 14.7. The molecule has 1 rings (SSSR count). The number of hydrogen-bond donors (Lipinski definition) is 1. The largest absolute Gasteiger partial charge is 0.327 e. The Labute approximate surface area is 95.8 Å². The van der Waals surface area contributed by atoms with Gasteiger partial charge in [-0.15, -0.1) is 0 Å². The summed E-state index contributed by atoms with van der Waals surface area (Å²) in [7, 11) is 0. The zero-order chi connectivity index (χ0) is 11.5. The average molecular weight is 211 g/mol. The first kappa shape index (κ1) is 13.0. The molecule has 0 spiro atoms. The second-order valence-corrected chi connectivity index (χ2v) is 6.61. The van der Waals surface area contributed by atoms with E-state index in [-0.39, 0.29) is 0 Å². The van der Waals surface area contributed by atoms with E-state index in [0.29, 0.717) is 11.5 Å². The zero-order valence-corrected chi connectivity index (χ0v) is 11.1. The van der Waals surface area contributed by atoms with Gasteiger partial charge in [-0.3, -0.25) is 0 Å². The Morgan fingerprint density at radius 2 is 1.87 bits per heavy atom. The summed E-state index contributed by atoms with van der Waals surface area (Å²) in [5, 5.41) is 0. The van der Waals surface area contributed by atoms with Crippen LogP contribution < -0.4 is 5.73 Å². The van der Waals surface area contributed by atoms with Crippen LogP contribution in [-0.2, 0) is 0 Å². The summed E-state index contributed by atoms with van der Waals surface area (Å²) in [5.41, 5.74) is 6.70. The molecule has 15 heavy (non-hydrogen) atoms. The predicted octanol–water partition coefficient (Wildman–Crippen LogP) is 3.97. The van der Waals surface area contributed by atoms with Gasteiger partial charge in [0.25, 0.3) is 0 Å². The van der Waals surface area contributed by atoms with Crippen LogP contribution in [0.5, 0.6) is 0 Å². The van der Waals surface area contributed by atoms with Gasteiger partial charge in [0.05, 0.1) is 0 Å². The fourth-order valence-corrected chi connectivity index (χ4v) is 2.71. The molecule has 3 atom stereocenters. The van der Waals surface area contributed by atoms with Crippen LogP contribution in [0.1, 0.15) is 66.2 Å². The molecule has 1 aliphatic carbocycles. The third kappa shape index (κ3) is 4.55. The molecule has 1 heteroatoms. The normalized spacial score (nSPS) is 33.0. The van der Waals surface area contributed by atoms with Crippen molar-refractivity contribution < 1.29 is 0 Å². The van der Waals surface area contributed by atoms with Crippen LogP contribution >= 0.6 is 0 Å². The molecule has 2 N–H and O–H groups in total. The monoisotopic (exact) mass is 211 g/mol. The van der Waals surface area contributed by atoms with Gasteiger partial charge in [0, 0.05) is 6.04 Å². The summed E-state index contributed by atoms with van der Waals surface area (Å²) in [6.07, 6.45) is 8.01. The summed E-state index contributed by atoms with van der Waals surface area (Å²) >= 11 is 0. The van der Waals surface area contributed by atoms with E-state index in [0.717, 1.165) is 11.8 Å². The Balaban J connectivity index is 2.38. The lowest BCUT2D eigenvalue weighted by molar-refractivity contribution is 0.195. The van der Waals surface area contributed by atoms with Gasteiger partial charge in [-0.2, -0.15) is 0 Å². The summed E-state index contributed by atoms with van der Waals surface area (Å²) in [4.78, 5) is 0. The molecule has 0 bridgehead atoms. The molecule has 1 fully saturated rings. The molecule has 1 nitrogen and oxygen atoms in total. The highest BCUT2D eigenvalue weighted by molar-refractivity contribution is 4.83. The molecule has 1 saturated carbocycles. The smallest absolute Gasteiger partial charge is 0.00673 e. The van der Waals surface area contributed by atoms with Crippen LogP contribution in [0.15, 0.2) is 0 Å². The maximum Gasteiger partial charge on any atom is 0.00673 e. The fraction of sp³-hybridized carbons (Fsp3) is 1.00. The Morgan fingerprint density at radius 1 is 1.20 bits per heavy atom. The lowest BCUT2D eigenvalue weighted by Crippen LogP contribution is -2.36. The molecule has 3 unspecified atom stereocenters. The van der Waals surface area contributed by atoms with Crippen LogP contribution in [-0.4, -0.2) is 6.04 Å². The topological polar surface area (TPSA) is 26.0 Å². The number of rotatable bonds is 3. The number of hydrogen-bond acceptors (Lipinski definition) is 1. The second kappa shape index (κ2) is 5.34. The molecular formula is C14H29N. The first-order chi connectivity index (χ1) is 6.92. The van der Waals surface area contributed by atoms with E-state index >= 15 is 0 Å². The van der Waals surface area contributed by atoms with Gasteiger partial charge in [0.2, 0.25) is 0 Å². The highest BCUT2D eigenvalue weighted by Gasteiger charge is 2.27. The molecule has 0 saturated heterocycles. The van der Waals surface area contributed by atoms with Crippen LogP contribution in [0, 0.1) is 17.3 Å². The van der Waals surface area contributed by atoms with Crippen molar-refractivity contribution in [2.45, 2.75) is 72.3 Å².